The quantitative estimate of drug-likeness (QED) is 0.619. The summed E-state index contributed by atoms with van der Waals surface area (Å²) in [6.07, 6.45) is 0.693. The number of carbonyl (C=O) groups is 2. The minimum absolute atomic E-state index is 0.212. The predicted molar refractivity (Wildman–Crippen MR) is 66.4 cm³/mol. The number of ether oxygens (including phenoxy) is 2. The summed E-state index contributed by atoms with van der Waals surface area (Å²) < 4.78 is 10.7. The number of benzene rings is 1. The van der Waals surface area contributed by atoms with Gasteiger partial charge in [0.2, 0.25) is 0 Å². The smallest absolute Gasteiger partial charge is 0.344 e. The fourth-order valence-corrected chi connectivity index (χ4v) is 2.03. The van der Waals surface area contributed by atoms with Crippen molar-refractivity contribution in [2.75, 3.05) is 13.2 Å². The third-order valence-corrected chi connectivity index (χ3v) is 2.57. The van der Waals surface area contributed by atoms with Crippen molar-refractivity contribution in [1.29, 1.82) is 0 Å². The highest BCUT2D eigenvalue weighted by Crippen LogP contribution is 2.29. The van der Waals surface area contributed by atoms with E-state index in [9.17, 15) is 9.59 Å². The second kappa shape index (κ2) is 6.39. The Morgan fingerprint density at radius 2 is 2.18 bits per heavy atom. The number of hydrogen-bond donors (Lipinski definition) is 0. The molecule has 4 nitrogen and oxygen atoms in total. The van der Waals surface area contributed by atoms with Gasteiger partial charge in [0.15, 0.2) is 12.9 Å². The standard InChI is InChI=1S/C12H13BrO4/c1-3-16-11(15)7-17-12-9(6-14)4-8(2)5-10(12)13/h4-6H,3,7H2,1-2H3. The Bertz CT molecular complexity index is 429. The van der Waals surface area contributed by atoms with Gasteiger partial charge in [-0.05, 0) is 47.5 Å². The van der Waals surface area contributed by atoms with Gasteiger partial charge in [-0.3, -0.25) is 4.79 Å². The summed E-state index contributed by atoms with van der Waals surface area (Å²) in [5.74, 6) is -0.101. The van der Waals surface area contributed by atoms with Gasteiger partial charge < -0.3 is 9.47 Å². The summed E-state index contributed by atoms with van der Waals surface area (Å²) in [4.78, 5) is 22.0. The third kappa shape index (κ3) is 3.85. The molecule has 0 aliphatic carbocycles. The summed E-state index contributed by atoms with van der Waals surface area (Å²) in [7, 11) is 0. The van der Waals surface area contributed by atoms with E-state index in [-0.39, 0.29) is 6.61 Å². The number of aldehydes is 1. The third-order valence-electron chi connectivity index (χ3n) is 1.98. The lowest BCUT2D eigenvalue weighted by atomic mass is 10.1. The Kier molecular flexibility index (Phi) is 5.15. The monoisotopic (exact) mass is 300 g/mol. The normalized spacial score (nSPS) is 9.82. The molecule has 0 aromatic heterocycles. The Morgan fingerprint density at radius 1 is 1.47 bits per heavy atom. The molecule has 0 heterocycles. The van der Waals surface area contributed by atoms with Gasteiger partial charge in [-0.2, -0.15) is 0 Å². The maximum Gasteiger partial charge on any atom is 0.344 e. The molecular formula is C12H13BrO4. The van der Waals surface area contributed by atoms with Gasteiger partial charge in [0.25, 0.3) is 0 Å². The molecule has 0 fully saturated rings. The zero-order valence-electron chi connectivity index (χ0n) is 9.66. The van der Waals surface area contributed by atoms with Crippen molar-refractivity contribution in [3.63, 3.8) is 0 Å². The SMILES string of the molecule is CCOC(=O)COc1c(Br)cc(C)cc1C=O. The van der Waals surface area contributed by atoms with Crippen LogP contribution < -0.4 is 4.74 Å². The largest absolute Gasteiger partial charge is 0.480 e. The van der Waals surface area contributed by atoms with Crippen LogP contribution in [-0.4, -0.2) is 25.5 Å². The summed E-state index contributed by atoms with van der Waals surface area (Å²) in [6.45, 7) is 3.68. The molecule has 0 amide bonds. The molecule has 0 radical (unpaired) electrons. The Labute approximate surface area is 108 Å². The Morgan fingerprint density at radius 3 is 2.76 bits per heavy atom. The first-order valence-electron chi connectivity index (χ1n) is 5.12. The minimum atomic E-state index is -0.461. The molecular weight excluding hydrogens is 288 g/mol. The molecule has 17 heavy (non-hydrogen) atoms. The van der Waals surface area contributed by atoms with E-state index in [1.165, 1.54) is 0 Å². The first-order chi connectivity index (χ1) is 8.08. The summed E-state index contributed by atoms with van der Waals surface area (Å²) in [5, 5.41) is 0. The van der Waals surface area contributed by atoms with Crippen LogP contribution in [0.15, 0.2) is 16.6 Å². The van der Waals surface area contributed by atoms with Gasteiger partial charge >= 0.3 is 5.97 Å². The molecule has 92 valence electrons. The summed E-state index contributed by atoms with van der Waals surface area (Å²) >= 11 is 3.29. The van der Waals surface area contributed by atoms with Crippen LogP contribution in [0.4, 0.5) is 0 Å². The van der Waals surface area contributed by atoms with Crippen molar-refractivity contribution in [3.05, 3.63) is 27.7 Å². The van der Waals surface area contributed by atoms with Crippen LogP contribution in [0.25, 0.3) is 0 Å². The molecule has 0 saturated heterocycles. The average molecular weight is 301 g/mol. The van der Waals surface area contributed by atoms with E-state index in [0.717, 1.165) is 5.56 Å². The zero-order chi connectivity index (χ0) is 12.8. The van der Waals surface area contributed by atoms with Crippen LogP contribution in [0.2, 0.25) is 0 Å². The highest BCUT2D eigenvalue weighted by atomic mass is 79.9. The molecule has 1 rings (SSSR count). The van der Waals surface area contributed by atoms with Crippen LogP contribution in [0.5, 0.6) is 5.75 Å². The van der Waals surface area contributed by atoms with E-state index in [2.05, 4.69) is 15.9 Å². The number of halogens is 1. The van der Waals surface area contributed by atoms with Gasteiger partial charge in [-0.25, -0.2) is 4.79 Å². The van der Waals surface area contributed by atoms with E-state index in [1.807, 2.05) is 13.0 Å². The van der Waals surface area contributed by atoms with E-state index in [0.29, 0.717) is 28.7 Å². The van der Waals surface area contributed by atoms with Gasteiger partial charge in [-0.15, -0.1) is 0 Å². The number of rotatable bonds is 5. The van der Waals surface area contributed by atoms with Crippen LogP contribution >= 0.6 is 15.9 Å². The molecule has 0 saturated carbocycles. The lowest BCUT2D eigenvalue weighted by Crippen LogP contribution is -2.15. The lowest BCUT2D eigenvalue weighted by Gasteiger charge is -2.10. The molecule has 0 aliphatic heterocycles. The summed E-state index contributed by atoms with van der Waals surface area (Å²) in [5.41, 5.74) is 1.34. The van der Waals surface area contributed by atoms with Gasteiger partial charge in [-0.1, -0.05) is 0 Å². The van der Waals surface area contributed by atoms with Crippen molar-refractivity contribution >= 4 is 28.2 Å². The van der Waals surface area contributed by atoms with Crippen LogP contribution in [0.1, 0.15) is 22.8 Å². The molecule has 1 aromatic rings. The van der Waals surface area contributed by atoms with Crippen molar-refractivity contribution in [2.24, 2.45) is 0 Å². The predicted octanol–water partition coefficient (Wildman–Crippen LogP) is 2.51. The van der Waals surface area contributed by atoms with Crippen molar-refractivity contribution in [3.8, 4) is 5.75 Å². The molecule has 0 bridgehead atoms. The topological polar surface area (TPSA) is 52.6 Å². The zero-order valence-corrected chi connectivity index (χ0v) is 11.2. The van der Waals surface area contributed by atoms with E-state index >= 15 is 0 Å². The first-order valence-corrected chi connectivity index (χ1v) is 5.91. The number of carbonyl (C=O) groups excluding carboxylic acids is 2. The Balaban J connectivity index is 2.83. The summed E-state index contributed by atoms with van der Waals surface area (Å²) in [6, 6.07) is 3.51. The van der Waals surface area contributed by atoms with Crippen LogP contribution in [0, 0.1) is 6.92 Å². The van der Waals surface area contributed by atoms with Gasteiger partial charge in [0, 0.05) is 0 Å². The average Bonchev–Trinajstić information content (AvgIpc) is 2.27. The van der Waals surface area contributed by atoms with Gasteiger partial charge in [0.05, 0.1) is 16.6 Å². The fraction of sp³-hybridized carbons (Fsp3) is 0.333. The molecule has 0 aliphatic rings. The first kappa shape index (κ1) is 13.7. The van der Waals surface area contributed by atoms with Crippen molar-refractivity contribution in [2.45, 2.75) is 13.8 Å². The van der Waals surface area contributed by atoms with Crippen molar-refractivity contribution in [1.82, 2.24) is 0 Å². The van der Waals surface area contributed by atoms with E-state index < -0.39 is 5.97 Å². The highest BCUT2D eigenvalue weighted by Gasteiger charge is 2.11. The Hall–Kier alpha value is -1.36. The van der Waals surface area contributed by atoms with E-state index in [1.54, 1.807) is 13.0 Å². The molecule has 0 unspecified atom stereocenters. The number of esters is 1. The lowest BCUT2D eigenvalue weighted by molar-refractivity contribution is -0.145. The molecule has 0 N–H and O–H groups in total. The maximum absolute atomic E-state index is 11.1. The molecule has 0 atom stereocenters. The van der Waals surface area contributed by atoms with Crippen LogP contribution in [-0.2, 0) is 9.53 Å². The van der Waals surface area contributed by atoms with Crippen molar-refractivity contribution < 1.29 is 19.1 Å². The second-order valence-corrected chi connectivity index (χ2v) is 4.23. The van der Waals surface area contributed by atoms with Crippen LogP contribution in [0.3, 0.4) is 0 Å². The maximum atomic E-state index is 11.1. The fourth-order valence-electron chi connectivity index (χ4n) is 1.33. The molecule has 1 aromatic carbocycles. The number of aryl methyl sites for hydroxylation is 1. The highest BCUT2D eigenvalue weighted by molar-refractivity contribution is 9.10. The number of hydrogen-bond acceptors (Lipinski definition) is 4. The van der Waals surface area contributed by atoms with Gasteiger partial charge in [0.1, 0.15) is 5.75 Å². The second-order valence-electron chi connectivity index (χ2n) is 3.38. The van der Waals surface area contributed by atoms with E-state index in [4.69, 9.17) is 9.47 Å². The minimum Gasteiger partial charge on any atom is -0.480 e. The molecule has 0 spiro atoms. The molecule has 5 heteroatoms.